The first kappa shape index (κ1) is 13.0. The molecule has 0 bridgehead atoms. The molecule has 1 amide bonds. The van der Waals surface area contributed by atoms with Gasteiger partial charge in [0, 0.05) is 26.3 Å². The lowest BCUT2D eigenvalue weighted by molar-refractivity contribution is -0.120. The Bertz CT molecular complexity index is 399. The third kappa shape index (κ3) is 3.27. The number of nitrogens with zero attached hydrogens (tertiary/aromatic N) is 3. The molecular weight excluding hydrogens is 230 g/mol. The van der Waals surface area contributed by atoms with Gasteiger partial charge in [-0.3, -0.25) is 14.6 Å². The smallest absolute Gasteiger partial charge is 0.242 e. The van der Waals surface area contributed by atoms with Crippen molar-refractivity contribution in [3.8, 4) is 0 Å². The normalized spacial score (nSPS) is 16.6. The molecule has 2 rings (SSSR count). The standard InChI is InChI=1S/C13H19N3O2/c1-11-3-4-12(14-9-11)15(2)13(17)10-16-5-7-18-8-6-16/h3-4,9H,5-8,10H2,1-2H3. The highest BCUT2D eigenvalue weighted by Crippen LogP contribution is 2.10. The molecule has 1 aliphatic rings. The topological polar surface area (TPSA) is 45.7 Å². The van der Waals surface area contributed by atoms with Crippen LogP contribution in [0.3, 0.4) is 0 Å². The summed E-state index contributed by atoms with van der Waals surface area (Å²) in [4.78, 5) is 20.1. The highest BCUT2D eigenvalue weighted by molar-refractivity contribution is 5.93. The average molecular weight is 249 g/mol. The zero-order chi connectivity index (χ0) is 13.0. The van der Waals surface area contributed by atoms with E-state index in [0.717, 1.165) is 18.7 Å². The first-order valence-corrected chi connectivity index (χ1v) is 6.16. The minimum Gasteiger partial charge on any atom is -0.379 e. The van der Waals surface area contributed by atoms with E-state index in [9.17, 15) is 4.79 Å². The molecule has 0 spiro atoms. The quantitative estimate of drug-likeness (QED) is 0.790. The molecule has 0 aliphatic carbocycles. The van der Waals surface area contributed by atoms with Crippen molar-refractivity contribution in [2.24, 2.45) is 0 Å². The van der Waals surface area contributed by atoms with Gasteiger partial charge in [0.2, 0.25) is 5.91 Å². The van der Waals surface area contributed by atoms with Gasteiger partial charge in [0.25, 0.3) is 0 Å². The Morgan fingerprint density at radius 1 is 1.44 bits per heavy atom. The number of morpholine rings is 1. The van der Waals surface area contributed by atoms with Crippen molar-refractivity contribution in [3.05, 3.63) is 23.9 Å². The van der Waals surface area contributed by atoms with Gasteiger partial charge in [-0.05, 0) is 18.6 Å². The van der Waals surface area contributed by atoms with Crippen molar-refractivity contribution >= 4 is 11.7 Å². The van der Waals surface area contributed by atoms with Crippen molar-refractivity contribution in [2.45, 2.75) is 6.92 Å². The highest BCUT2D eigenvalue weighted by atomic mass is 16.5. The fourth-order valence-corrected chi connectivity index (χ4v) is 1.84. The molecule has 0 saturated carbocycles. The van der Waals surface area contributed by atoms with Gasteiger partial charge in [0.1, 0.15) is 5.82 Å². The molecule has 1 aromatic rings. The zero-order valence-electron chi connectivity index (χ0n) is 10.9. The van der Waals surface area contributed by atoms with E-state index in [1.807, 2.05) is 19.1 Å². The molecule has 2 heterocycles. The van der Waals surface area contributed by atoms with E-state index in [1.54, 1.807) is 18.1 Å². The Kier molecular flexibility index (Phi) is 4.28. The van der Waals surface area contributed by atoms with Crippen molar-refractivity contribution in [1.82, 2.24) is 9.88 Å². The zero-order valence-corrected chi connectivity index (χ0v) is 10.9. The van der Waals surface area contributed by atoms with Crippen LogP contribution in [0.25, 0.3) is 0 Å². The molecule has 0 atom stereocenters. The number of aryl methyl sites for hydroxylation is 1. The van der Waals surface area contributed by atoms with E-state index in [2.05, 4.69) is 9.88 Å². The third-order valence-electron chi connectivity index (χ3n) is 3.08. The Hall–Kier alpha value is -1.46. The number of carbonyl (C=O) groups excluding carboxylic acids is 1. The van der Waals surface area contributed by atoms with Crippen molar-refractivity contribution in [1.29, 1.82) is 0 Å². The number of hydrogen-bond acceptors (Lipinski definition) is 4. The van der Waals surface area contributed by atoms with Gasteiger partial charge in [-0.2, -0.15) is 0 Å². The third-order valence-corrected chi connectivity index (χ3v) is 3.08. The maximum atomic E-state index is 12.1. The van der Waals surface area contributed by atoms with Crippen LogP contribution in [0, 0.1) is 6.92 Å². The number of likely N-dealkylation sites (N-methyl/N-ethyl adjacent to an activating group) is 1. The molecule has 0 aromatic carbocycles. The van der Waals surface area contributed by atoms with Crippen LogP contribution < -0.4 is 4.90 Å². The molecule has 0 radical (unpaired) electrons. The van der Waals surface area contributed by atoms with Gasteiger partial charge in [-0.15, -0.1) is 0 Å². The Morgan fingerprint density at radius 2 is 2.17 bits per heavy atom. The maximum Gasteiger partial charge on any atom is 0.242 e. The van der Waals surface area contributed by atoms with Crippen LogP contribution in [0.15, 0.2) is 18.3 Å². The number of amides is 1. The van der Waals surface area contributed by atoms with Gasteiger partial charge in [0.05, 0.1) is 19.8 Å². The molecule has 1 aromatic heterocycles. The summed E-state index contributed by atoms with van der Waals surface area (Å²) in [7, 11) is 1.76. The van der Waals surface area contributed by atoms with Crippen LogP contribution in [-0.4, -0.2) is 55.7 Å². The lowest BCUT2D eigenvalue weighted by Gasteiger charge is -2.27. The summed E-state index contributed by atoms with van der Waals surface area (Å²) in [6.45, 7) is 5.46. The minimum absolute atomic E-state index is 0.0632. The summed E-state index contributed by atoms with van der Waals surface area (Å²) in [5, 5.41) is 0. The molecular formula is C13H19N3O2. The summed E-state index contributed by atoms with van der Waals surface area (Å²) in [6.07, 6.45) is 1.77. The average Bonchev–Trinajstić information content (AvgIpc) is 2.40. The van der Waals surface area contributed by atoms with E-state index >= 15 is 0 Å². The molecule has 5 heteroatoms. The van der Waals surface area contributed by atoms with E-state index < -0.39 is 0 Å². The molecule has 18 heavy (non-hydrogen) atoms. The number of pyridine rings is 1. The molecule has 98 valence electrons. The first-order valence-electron chi connectivity index (χ1n) is 6.16. The van der Waals surface area contributed by atoms with Crippen LogP contribution >= 0.6 is 0 Å². The van der Waals surface area contributed by atoms with E-state index in [4.69, 9.17) is 4.74 Å². The summed E-state index contributed by atoms with van der Waals surface area (Å²) < 4.78 is 5.26. The minimum atomic E-state index is 0.0632. The molecule has 0 N–H and O–H groups in total. The SMILES string of the molecule is Cc1ccc(N(C)C(=O)CN2CCOCC2)nc1. The van der Waals surface area contributed by atoms with Gasteiger partial charge >= 0.3 is 0 Å². The highest BCUT2D eigenvalue weighted by Gasteiger charge is 2.18. The molecule has 5 nitrogen and oxygen atoms in total. The second-order valence-corrected chi connectivity index (χ2v) is 4.54. The number of anilines is 1. The van der Waals surface area contributed by atoms with Crippen LogP contribution in [0.1, 0.15) is 5.56 Å². The number of rotatable bonds is 3. The maximum absolute atomic E-state index is 12.1. The molecule has 1 saturated heterocycles. The Balaban J connectivity index is 1.93. The number of ether oxygens (including phenoxy) is 1. The monoisotopic (exact) mass is 249 g/mol. The Morgan fingerprint density at radius 3 is 2.78 bits per heavy atom. The van der Waals surface area contributed by atoms with Crippen LogP contribution in [0.5, 0.6) is 0 Å². The second kappa shape index (κ2) is 5.93. The Labute approximate surface area is 107 Å². The van der Waals surface area contributed by atoms with E-state index in [1.165, 1.54) is 0 Å². The lowest BCUT2D eigenvalue weighted by Crippen LogP contribution is -2.44. The first-order chi connectivity index (χ1) is 8.66. The van der Waals surface area contributed by atoms with E-state index in [0.29, 0.717) is 25.6 Å². The summed E-state index contributed by atoms with van der Waals surface area (Å²) in [6, 6.07) is 3.83. The van der Waals surface area contributed by atoms with Gasteiger partial charge in [-0.25, -0.2) is 4.98 Å². The number of aromatic nitrogens is 1. The van der Waals surface area contributed by atoms with Crippen LogP contribution in [0.4, 0.5) is 5.82 Å². The fraction of sp³-hybridized carbons (Fsp3) is 0.538. The van der Waals surface area contributed by atoms with Crippen LogP contribution in [0.2, 0.25) is 0 Å². The van der Waals surface area contributed by atoms with Crippen LogP contribution in [-0.2, 0) is 9.53 Å². The number of carbonyl (C=O) groups is 1. The van der Waals surface area contributed by atoms with Crippen molar-refractivity contribution in [3.63, 3.8) is 0 Å². The summed E-state index contributed by atoms with van der Waals surface area (Å²) >= 11 is 0. The molecule has 1 fully saturated rings. The predicted octanol–water partition coefficient (Wildman–Crippen LogP) is 0.685. The van der Waals surface area contributed by atoms with Gasteiger partial charge in [0.15, 0.2) is 0 Å². The fourth-order valence-electron chi connectivity index (χ4n) is 1.84. The van der Waals surface area contributed by atoms with E-state index in [-0.39, 0.29) is 5.91 Å². The van der Waals surface area contributed by atoms with Crippen molar-refractivity contribution in [2.75, 3.05) is 44.8 Å². The van der Waals surface area contributed by atoms with Crippen molar-refractivity contribution < 1.29 is 9.53 Å². The molecule has 1 aliphatic heterocycles. The number of hydrogen-bond donors (Lipinski definition) is 0. The lowest BCUT2D eigenvalue weighted by atomic mass is 10.3. The van der Waals surface area contributed by atoms with Gasteiger partial charge in [-0.1, -0.05) is 6.07 Å². The summed E-state index contributed by atoms with van der Waals surface area (Å²) in [5.41, 5.74) is 1.09. The molecule has 0 unspecified atom stereocenters. The predicted molar refractivity (Wildman–Crippen MR) is 69.6 cm³/mol. The summed E-state index contributed by atoms with van der Waals surface area (Å²) in [5.74, 6) is 0.757. The van der Waals surface area contributed by atoms with Gasteiger partial charge < -0.3 is 4.74 Å². The second-order valence-electron chi connectivity index (χ2n) is 4.54. The largest absolute Gasteiger partial charge is 0.379 e.